The smallest absolute Gasteiger partial charge is 0.0946 e. The molecule has 1 heterocycles. The van der Waals surface area contributed by atoms with Crippen LogP contribution in [0.25, 0.3) is 0 Å². The average molecular weight is 202 g/mol. The molecule has 0 saturated heterocycles. The molecule has 3 nitrogen and oxygen atoms in total. The minimum Gasteiger partial charge on any atom is -0.375 e. The first kappa shape index (κ1) is 9.93. The van der Waals surface area contributed by atoms with Crippen LogP contribution >= 0.6 is 0 Å². The second-order valence-electron chi connectivity index (χ2n) is 3.34. The van der Waals surface area contributed by atoms with Crippen LogP contribution in [-0.4, -0.2) is 16.2 Å². The van der Waals surface area contributed by atoms with E-state index >= 15 is 0 Å². The van der Waals surface area contributed by atoms with Crippen molar-refractivity contribution in [2.45, 2.75) is 13.2 Å². The molecule has 1 aromatic heterocycles. The lowest BCUT2D eigenvalue weighted by Gasteiger charge is -2.04. The van der Waals surface area contributed by atoms with Crippen LogP contribution in [0.15, 0.2) is 49.1 Å². The quantitative estimate of drug-likeness (QED) is 0.694. The number of aromatic nitrogens is 2. The van der Waals surface area contributed by atoms with E-state index in [1.807, 2.05) is 29.0 Å². The first-order valence-electron chi connectivity index (χ1n) is 5.02. The van der Waals surface area contributed by atoms with Crippen molar-refractivity contribution in [2.24, 2.45) is 0 Å². The van der Waals surface area contributed by atoms with E-state index in [1.165, 1.54) is 5.56 Å². The van der Waals surface area contributed by atoms with Gasteiger partial charge >= 0.3 is 0 Å². The van der Waals surface area contributed by atoms with E-state index in [9.17, 15) is 0 Å². The largest absolute Gasteiger partial charge is 0.375 e. The van der Waals surface area contributed by atoms with Crippen LogP contribution in [0.1, 0.15) is 5.56 Å². The van der Waals surface area contributed by atoms with Gasteiger partial charge < -0.3 is 9.30 Å². The van der Waals surface area contributed by atoms with Gasteiger partial charge in [-0.25, -0.2) is 4.98 Å². The molecule has 0 N–H and O–H groups in total. The van der Waals surface area contributed by atoms with Crippen LogP contribution in [-0.2, 0) is 17.9 Å². The van der Waals surface area contributed by atoms with Gasteiger partial charge in [0.05, 0.1) is 19.5 Å². The van der Waals surface area contributed by atoms with E-state index in [0.717, 1.165) is 6.54 Å². The molecular weight excluding hydrogens is 188 g/mol. The minimum absolute atomic E-state index is 0.676. The van der Waals surface area contributed by atoms with Gasteiger partial charge in [0.15, 0.2) is 0 Å². The first-order chi connectivity index (χ1) is 7.45. The molecule has 0 aliphatic heterocycles. The number of nitrogens with zero attached hydrogens (tertiary/aromatic N) is 2. The van der Waals surface area contributed by atoms with Crippen LogP contribution in [0.3, 0.4) is 0 Å². The molecule has 0 spiro atoms. The van der Waals surface area contributed by atoms with Gasteiger partial charge in [0.1, 0.15) is 0 Å². The number of imidazole rings is 1. The maximum Gasteiger partial charge on any atom is 0.0946 e. The fourth-order valence-electron chi connectivity index (χ4n) is 1.35. The SMILES string of the molecule is c1ccc(COCCn2ccnc2)cc1. The predicted octanol–water partition coefficient (Wildman–Crippen LogP) is 2.10. The van der Waals surface area contributed by atoms with Gasteiger partial charge in [0.25, 0.3) is 0 Å². The molecule has 0 fully saturated rings. The molecule has 15 heavy (non-hydrogen) atoms. The molecule has 0 amide bonds. The van der Waals surface area contributed by atoms with E-state index in [2.05, 4.69) is 17.1 Å². The maximum absolute atomic E-state index is 5.54. The Morgan fingerprint density at radius 1 is 1.20 bits per heavy atom. The standard InChI is InChI=1S/C12H14N2O/c1-2-4-12(5-3-1)10-15-9-8-14-7-6-13-11-14/h1-7,11H,8-10H2. The van der Waals surface area contributed by atoms with Crippen LogP contribution in [0.5, 0.6) is 0 Å². The summed E-state index contributed by atoms with van der Waals surface area (Å²) in [6.07, 6.45) is 5.51. The molecule has 0 radical (unpaired) electrons. The zero-order valence-corrected chi connectivity index (χ0v) is 8.54. The second kappa shape index (κ2) is 5.32. The highest BCUT2D eigenvalue weighted by molar-refractivity contribution is 5.13. The van der Waals surface area contributed by atoms with E-state index in [0.29, 0.717) is 13.2 Å². The highest BCUT2D eigenvalue weighted by Gasteiger charge is 1.92. The van der Waals surface area contributed by atoms with Gasteiger partial charge in [-0.2, -0.15) is 0 Å². The summed E-state index contributed by atoms with van der Waals surface area (Å²) in [4.78, 5) is 3.97. The number of rotatable bonds is 5. The summed E-state index contributed by atoms with van der Waals surface area (Å²) in [5, 5.41) is 0. The Bertz CT molecular complexity index is 370. The lowest BCUT2D eigenvalue weighted by molar-refractivity contribution is 0.113. The number of benzene rings is 1. The zero-order valence-electron chi connectivity index (χ0n) is 8.54. The summed E-state index contributed by atoms with van der Waals surface area (Å²) >= 11 is 0. The van der Waals surface area contributed by atoms with Gasteiger partial charge in [-0.1, -0.05) is 30.3 Å². The molecule has 0 aliphatic rings. The monoisotopic (exact) mass is 202 g/mol. The average Bonchev–Trinajstić information content (AvgIpc) is 2.79. The summed E-state index contributed by atoms with van der Waals surface area (Å²) < 4.78 is 7.55. The van der Waals surface area contributed by atoms with Gasteiger partial charge in [-0.15, -0.1) is 0 Å². The Morgan fingerprint density at radius 2 is 2.07 bits per heavy atom. The van der Waals surface area contributed by atoms with Crippen LogP contribution in [0.4, 0.5) is 0 Å². The molecule has 0 unspecified atom stereocenters. The van der Waals surface area contributed by atoms with E-state index in [1.54, 1.807) is 12.5 Å². The Kier molecular flexibility index (Phi) is 3.52. The highest BCUT2D eigenvalue weighted by Crippen LogP contribution is 2.00. The van der Waals surface area contributed by atoms with Crippen molar-refractivity contribution in [2.75, 3.05) is 6.61 Å². The molecule has 78 valence electrons. The molecule has 1 aromatic carbocycles. The Labute approximate surface area is 89.3 Å². The molecule has 2 rings (SSSR count). The van der Waals surface area contributed by atoms with E-state index in [4.69, 9.17) is 4.74 Å². The minimum atomic E-state index is 0.676. The van der Waals surface area contributed by atoms with Crippen molar-refractivity contribution in [1.82, 2.24) is 9.55 Å². The maximum atomic E-state index is 5.54. The van der Waals surface area contributed by atoms with Crippen molar-refractivity contribution in [3.63, 3.8) is 0 Å². The number of hydrogen-bond donors (Lipinski definition) is 0. The second-order valence-corrected chi connectivity index (χ2v) is 3.34. The summed E-state index contributed by atoms with van der Waals surface area (Å²) in [7, 11) is 0. The van der Waals surface area contributed by atoms with E-state index < -0.39 is 0 Å². The van der Waals surface area contributed by atoms with Crippen molar-refractivity contribution in [1.29, 1.82) is 0 Å². The van der Waals surface area contributed by atoms with Crippen molar-refractivity contribution in [3.05, 3.63) is 54.6 Å². The zero-order chi connectivity index (χ0) is 10.3. The van der Waals surface area contributed by atoms with Gasteiger partial charge in [0, 0.05) is 18.9 Å². The molecule has 3 heteroatoms. The van der Waals surface area contributed by atoms with Gasteiger partial charge in [0.2, 0.25) is 0 Å². The highest BCUT2D eigenvalue weighted by atomic mass is 16.5. The van der Waals surface area contributed by atoms with Crippen LogP contribution < -0.4 is 0 Å². The number of hydrogen-bond acceptors (Lipinski definition) is 2. The lowest BCUT2D eigenvalue weighted by Crippen LogP contribution is -2.03. The Hall–Kier alpha value is -1.61. The predicted molar refractivity (Wildman–Crippen MR) is 58.3 cm³/mol. The van der Waals surface area contributed by atoms with Gasteiger partial charge in [-0.05, 0) is 5.56 Å². The molecule has 0 saturated carbocycles. The molecule has 0 bridgehead atoms. The van der Waals surface area contributed by atoms with Gasteiger partial charge in [-0.3, -0.25) is 0 Å². The van der Waals surface area contributed by atoms with Crippen molar-refractivity contribution in [3.8, 4) is 0 Å². The molecular formula is C12H14N2O. The third-order valence-electron chi connectivity index (χ3n) is 2.16. The molecule has 2 aromatic rings. The summed E-state index contributed by atoms with van der Waals surface area (Å²) in [5.41, 5.74) is 1.21. The first-order valence-corrected chi connectivity index (χ1v) is 5.02. The van der Waals surface area contributed by atoms with Crippen LogP contribution in [0.2, 0.25) is 0 Å². The van der Waals surface area contributed by atoms with Crippen LogP contribution in [0, 0.1) is 0 Å². The topological polar surface area (TPSA) is 27.1 Å². The molecule has 0 atom stereocenters. The fourth-order valence-corrected chi connectivity index (χ4v) is 1.35. The third-order valence-corrected chi connectivity index (χ3v) is 2.16. The lowest BCUT2D eigenvalue weighted by atomic mass is 10.2. The van der Waals surface area contributed by atoms with E-state index in [-0.39, 0.29) is 0 Å². The normalized spacial score (nSPS) is 10.4. The summed E-state index contributed by atoms with van der Waals surface area (Å²) in [6, 6.07) is 10.2. The molecule has 0 aliphatic carbocycles. The fraction of sp³-hybridized carbons (Fsp3) is 0.250. The summed E-state index contributed by atoms with van der Waals surface area (Å²) in [5.74, 6) is 0. The summed E-state index contributed by atoms with van der Waals surface area (Å²) in [6.45, 7) is 2.24. The number of ether oxygens (including phenoxy) is 1. The van der Waals surface area contributed by atoms with Crippen molar-refractivity contribution < 1.29 is 4.74 Å². The Balaban J connectivity index is 1.68. The van der Waals surface area contributed by atoms with Crippen molar-refractivity contribution >= 4 is 0 Å². The Morgan fingerprint density at radius 3 is 2.80 bits per heavy atom. The third kappa shape index (κ3) is 3.22.